The fourth-order valence-corrected chi connectivity index (χ4v) is 4.04. The summed E-state index contributed by atoms with van der Waals surface area (Å²) in [6.07, 6.45) is 2.31. The van der Waals surface area contributed by atoms with Crippen molar-refractivity contribution in [2.45, 2.75) is 51.5 Å². The van der Waals surface area contributed by atoms with Gasteiger partial charge < -0.3 is 9.64 Å². The topological polar surface area (TPSA) is 46.6 Å². The molecule has 162 valence electrons. The summed E-state index contributed by atoms with van der Waals surface area (Å²) >= 11 is 3.36. The van der Waals surface area contributed by atoms with Crippen LogP contribution in [0, 0.1) is 0 Å². The Hall–Kier alpha value is -1.55. The van der Waals surface area contributed by atoms with E-state index >= 15 is 0 Å². The van der Waals surface area contributed by atoms with Crippen molar-refractivity contribution in [2.24, 2.45) is 0 Å². The van der Waals surface area contributed by atoms with Crippen LogP contribution in [0.15, 0.2) is 59.1 Å². The average Bonchev–Trinajstić information content (AvgIpc) is 2.80. The molecule has 1 aliphatic heterocycles. The van der Waals surface area contributed by atoms with Gasteiger partial charge in [0.2, 0.25) is 5.91 Å². The molecule has 30 heavy (non-hydrogen) atoms. The van der Waals surface area contributed by atoms with Gasteiger partial charge in [-0.1, -0.05) is 72.2 Å². The van der Waals surface area contributed by atoms with Crippen LogP contribution >= 0.6 is 25.2 Å². The molecule has 4 nitrogen and oxygen atoms in total. The Morgan fingerprint density at radius 3 is 2.23 bits per heavy atom. The molecular formula is C24H31BrNO3P. The normalized spacial score (nSPS) is 15.1. The molecule has 3 rings (SSSR count). The van der Waals surface area contributed by atoms with Crippen LogP contribution in [-0.4, -0.2) is 35.8 Å². The molecule has 6 heteroatoms. The van der Waals surface area contributed by atoms with Crippen LogP contribution in [0.25, 0.3) is 0 Å². The Balaban J connectivity index is 0.00000155. The van der Waals surface area contributed by atoms with Gasteiger partial charge in [0.15, 0.2) is 5.78 Å². The number of carbonyl (C=O) groups excluding carboxylic acids is 2. The molecule has 0 radical (unpaired) electrons. The predicted octanol–water partition coefficient (Wildman–Crippen LogP) is 6.02. The fourth-order valence-electron chi connectivity index (χ4n) is 3.33. The van der Waals surface area contributed by atoms with Crippen LogP contribution in [-0.2, 0) is 9.53 Å². The Bertz CT molecular complexity index is 790. The smallest absolute Gasteiger partial charge is 0.223 e. The molecule has 1 amide bonds. The molecule has 1 heterocycles. The van der Waals surface area contributed by atoms with E-state index in [1.807, 2.05) is 49.1 Å². The predicted molar refractivity (Wildman–Crippen MR) is 129 cm³/mol. The molecule has 1 aliphatic rings. The maximum Gasteiger partial charge on any atom is 0.223 e. The largest absolute Gasteiger partial charge is 0.366 e. The molecule has 2 atom stereocenters. The van der Waals surface area contributed by atoms with Gasteiger partial charge in [0, 0.05) is 36.0 Å². The van der Waals surface area contributed by atoms with Gasteiger partial charge in [0.05, 0.1) is 11.9 Å². The average molecular weight is 492 g/mol. The standard InChI is InChI=1S/C22H25BrNO3P.C2H6/c23-18-8-6-16(7-9-18)20(25)10-11-21(26)24-14-12-19(13-15-24)27-22(28)17-4-2-1-3-5-17;1-2/h1-9,19,22H,10-15,28H2;1-2H3. The van der Waals surface area contributed by atoms with E-state index < -0.39 is 0 Å². The Morgan fingerprint density at radius 2 is 1.63 bits per heavy atom. The minimum Gasteiger partial charge on any atom is -0.366 e. The maximum absolute atomic E-state index is 12.5. The molecule has 0 saturated carbocycles. The van der Waals surface area contributed by atoms with Gasteiger partial charge in [0.25, 0.3) is 0 Å². The van der Waals surface area contributed by atoms with Crippen molar-refractivity contribution in [1.29, 1.82) is 0 Å². The van der Waals surface area contributed by atoms with Crippen LogP contribution in [0.3, 0.4) is 0 Å². The van der Waals surface area contributed by atoms with Crippen LogP contribution < -0.4 is 0 Å². The molecule has 0 aliphatic carbocycles. The van der Waals surface area contributed by atoms with Crippen molar-refractivity contribution in [3.63, 3.8) is 0 Å². The zero-order valence-corrected chi connectivity index (χ0v) is 20.5. The van der Waals surface area contributed by atoms with Gasteiger partial charge in [0.1, 0.15) is 0 Å². The van der Waals surface area contributed by atoms with Crippen molar-refractivity contribution < 1.29 is 14.3 Å². The molecule has 2 aromatic rings. The highest BCUT2D eigenvalue weighted by Gasteiger charge is 2.25. The first-order chi connectivity index (χ1) is 14.5. The summed E-state index contributed by atoms with van der Waals surface area (Å²) in [6, 6.07) is 17.4. The zero-order chi connectivity index (χ0) is 21.9. The minimum absolute atomic E-state index is 0.00720. The summed E-state index contributed by atoms with van der Waals surface area (Å²) in [5.74, 6) is 0.0270. The number of hydrogen-bond donors (Lipinski definition) is 0. The van der Waals surface area contributed by atoms with Crippen LogP contribution in [0.4, 0.5) is 0 Å². The lowest BCUT2D eigenvalue weighted by Gasteiger charge is -2.33. The first kappa shape index (κ1) is 24.7. The minimum atomic E-state index is -0.0306. The lowest BCUT2D eigenvalue weighted by atomic mass is 10.0. The van der Waals surface area contributed by atoms with E-state index in [9.17, 15) is 9.59 Å². The Morgan fingerprint density at radius 1 is 1.03 bits per heavy atom. The highest BCUT2D eigenvalue weighted by Crippen LogP contribution is 2.29. The molecule has 0 N–H and O–H groups in total. The lowest BCUT2D eigenvalue weighted by molar-refractivity contribution is -0.134. The van der Waals surface area contributed by atoms with E-state index in [1.165, 1.54) is 0 Å². The molecule has 2 unspecified atom stereocenters. The number of amides is 1. The Labute approximate surface area is 190 Å². The van der Waals surface area contributed by atoms with Crippen molar-refractivity contribution in [3.8, 4) is 0 Å². The number of ketones is 1. The summed E-state index contributed by atoms with van der Waals surface area (Å²) in [6.45, 7) is 5.37. The molecule has 2 aromatic carbocycles. The summed E-state index contributed by atoms with van der Waals surface area (Å²) in [5, 5.41) is 0. The van der Waals surface area contributed by atoms with Crippen molar-refractivity contribution in [2.75, 3.05) is 13.1 Å². The summed E-state index contributed by atoms with van der Waals surface area (Å²) in [4.78, 5) is 26.6. The van der Waals surface area contributed by atoms with Gasteiger partial charge in [-0.25, -0.2) is 0 Å². The number of nitrogens with zero attached hydrogens (tertiary/aromatic N) is 1. The summed E-state index contributed by atoms with van der Waals surface area (Å²) < 4.78 is 7.07. The Kier molecular flexibility index (Phi) is 10.7. The first-order valence-corrected chi connectivity index (χ1v) is 12.0. The van der Waals surface area contributed by atoms with Crippen molar-refractivity contribution in [1.82, 2.24) is 4.90 Å². The van der Waals surface area contributed by atoms with Gasteiger partial charge in [-0.2, -0.15) is 0 Å². The number of ether oxygens (including phenoxy) is 1. The summed E-state index contributed by atoms with van der Waals surface area (Å²) in [7, 11) is 2.75. The number of benzene rings is 2. The highest BCUT2D eigenvalue weighted by atomic mass is 79.9. The molecular weight excluding hydrogens is 461 g/mol. The summed E-state index contributed by atoms with van der Waals surface area (Å²) in [5.41, 5.74) is 1.79. The monoisotopic (exact) mass is 491 g/mol. The zero-order valence-electron chi connectivity index (χ0n) is 17.7. The van der Waals surface area contributed by atoms with E-state index in [0.717, 1.165) is 22.9 Å². The number of halogens is 1. The van der Waals surface area contributed by atoms with Gasteiger partial charge in [-0.05, 0) is 30.5 Å². The number of piperidine rings is 1. The van der Waals surface area contributed by atoms with E-state index in [4.69, 9.17) is 4.74 Å². The van der Waals surface area contributed by atoms with Crippen molar-refractivity contribution in [3.05, 3.63) is 70.2 Å². The van der Waals surface area contributed by atoms with Gasteiger partial charge in [-0.3, -0.25) is 9.59 Å². The molecule has 0 spiro atoms. The molecule has 1 fully saturated rings. The molecule has 1 saturated heterocycles. The van der Waals surface area contributed by atoms with E-state index in [-0.39, 0.29) is 36.5 Å². The SMILES string of the molecule is CC.O=C(CCC(=O)N1CCC(OC(P)c2ccccc2)CC1)c1ccc(Br)cc1. The lowest BCUT2D eigenvalue weighted by Crippen LogP contribution is -2.41. The third-order valence-electron chi connectivity index (χ3n) is 4.99. The number of Topliss-reactive ketones (excluding diaryl/α,β-unsaturated/α-hetero) is 1. The number of hydrogen-bond acceptors (Lipinski definition) is 3. The quantitative estimate of drug-likeness (QED) is 0.351. The second kappa shape index (κ2) is 13.0. The number of carbonyl (C=O) groups is 2. The number of rotatable bonds is 7. The van der Waals surface area contributed by atoms with E-state index in [0.29, 0.717) is 18.7 Å². The third kappa shape index (κ3) is 7.61. The van der Waals surface area contributed by atoms with Gasteiger partial charge >= 0.3 is 0 Å². The van der Waals surface area contributed by atoms with Crippen molar-refractivity contribution >= 4 is 36.9 Å². The van der Waals surface area contributed by atoms with Crippen LogP contribution in [0.1, 0.15) is 61.3 Å². The third-order valence-corrected chi connectivity index (χ3v) is 6.06. The fraction of sp³-hybridized carbons (Fsp3) is 0.417. The maximum atomic E-state index is 12.5. The number of likely N-dealkylation sites (tertiary alicyclic amines) is 1. The second-order valence-electron chi connectivity index (χ2n) is 6.98. The molecule has 0 bridgehead atoms. The second-order valence-corrected chi connectivity index (χ2v) is 8.50. The van der Waals surface area contributed by atoms with Crippen LogP contribution in [0.2, 0.25) is 0 Å². The van der Waals surface area contributed by atoms with Gasteiger partial charge in [-0.15, -0.1) is 9.24 Å². The highest BCUT2D eigenvalue weighted by molar-refractivity contribution is 9.10. The van der Waals surface area contributed by atoms with E-state index in [1.54, 1.807) is 12.1 Å². The first-order valence-electron chi connectivity index (χ1n) is 10.6. The molecule has 0 aromatic heterocycles. The van der Waals surface area contributed by atoms with E-state index in [2.05, 4.69) is 37.3 Å². The van der Waals surface area contributed by atoms with Crippen LogP contribution in [0.5, 0.6) is 0 Å².